The van der Waals surface area contributed by atoms with E-state index in [0.717, 1.165) is 5.57 Å². The zero-order valence-electron chi connectivity index (χ0n) is 25.4. The molecule has 2 fully saturated rings. The second-order valence-electron chi connectivity index (χ2n) is 12.2. The molecule has 2 amide bonds. The molecule has 0 bridgehead atoms. The van der Waals surface area contributed by atoms with Crippen LogP contribution in [-0.2, 0) is 33.2 Å². The SMILES string of the molecule is CC1=C2[C@@H](CC/C(=C/c3ccc(CO)o3)c3ccccn3)OB(O)C[C@@H]2[C@@H]2C(=O)N(c3cc(C(F)(F)F)cc(C(F)(F)F)c3)C(=O)[C@@H]2C1. The first-order valence-electron chi connectivity index (χ1n) is 15.2. The highest BCUT2D eigenvalue weighted by Crippen LogP contribution is 2.52. The number of amides is 2. The van der Waals surface area contributed by atoms with Crippen LogP contribution in [0.1, 0.15) is 54.5 Å². The van der Waals surface area contributed by atoms with Crippen LogP contribution in [0.25, 0.3) is 11.6 Å². The lowest BCUT2D eigenvalue weighted by Gasteiger charge is -2.42. The number of hydrogen-bond acceptors (Lipinski definition) is 7. The zero-order chi connectivity index (χ0) is 34.5. The van der Waals surface area contributed by atoms with Crippen LogP contribution in [0.2, 0.25) is 6.32 Å². The van der Waals surface area contributed by atoms with Crippen molar-refractivity contribution < 1.29 is 55.1 Å². The van der Waals surface area contributed by atoms with Gasteiger partial charge in [-0.05, 0) is 98.1 Å². The summed E-state index contributed by atoms with van der Waals surface area (Å²) in [6, 6.07) is 9.36. The lowest BCUT2D eigenvalue weighted by Crippen LogP contribution is -2.46. The number of benzene rings is 1. The van der Waals surface area contributed by atoms with Crippen molar-refractivity contribution in [2.24, 2.45) is 17.8 Å². The van der Waals surface area contributed by atoms with E-state index in [-0.39, 0.29) is 25.4 Å². The quantitative estimate of drug-likeness (QED) is 0.127. The van der Waals surface area contributed by atoms with Crippen molar-refractivity contribution in [3.8, 4) is 0 Å². The average Bonchev–Trinajstić information content (AvgIpc) is 3.59. The number of hydrogen-bond donors (Lipinski definition) is 2. The lowest BCUT2D eigenvalue weighted by atomic mass is 9.58. The number of nitrogens with zero attached hydrogens (tertiary/aromatic N) is 2. The van der Waals surface area contributed by atoms with Crippen LogP contribution in [0.4, 0.5) is 32.0 Å². The Labute approximate surface area is 270 Å². The van der Waals surface area contributed by atoms with Crippen molar-refractivity contribution in [2.45, 2.75) is 57.6 Å². The van der Waals surface area contributed by atoms with Gasteiger partial charge in [0.1, 0.15) is 18.1 Å². The number of carbonyl (C=O) groups excluding carboxylic acids is 2. The third-order valence-corrected chi connectivity index (χ3v) is 9.11. The number of aromatic nitrogens is 1. The molecule has 0 unspecified atom stereocenters. The van der Waals surface area contributed by atoms with Gasteiger partial charge in [0.2, 0.25) is 11.8 Å². The number of aliphatic hydroxyl groups is 1. The first-order valence-corrected chi connectivity index (χ1v) is 15.2. The van der Waals surface area contributed by atoms with Crippen LogP contribution in [0.15, 0.2) is 70.3 Å². The third kappa shape index (κ3) is 6.46. The molecule has 1 aliphatic carbocycles. The van der Waals surface area contributed by atoms with E-state index >= 15 is 0 Å². The van der Waals surface area contributed by atoms with E-state index in [9.17, 15) is 46.1 Å². The Kier molecular flexibility index (Phi) is 8.90. The lowest BCUT2D eigenvalue weighted by molar-refractivity contribution is -0.143. The van der Waals surface area contributed by atoms with Gasteiger partial charge >= 0.3 is 19.5 Å². The molecule has 2 aliphatic heterocycles. The summed E-state index contributed by atoms with van der Waals surface area (Å²) in [7, 11) is -1.35. The van der Waals surface area contributed by atoms with E-state index in [0.29, 0.717) is 58.2 Å². The Morgan fingerprint density at radius 2 is 1.73 bits per heavy atom. The highest BCUT2D eigenvalue weighted by Gasteiger charge is 2.57. The van der Waals surface area contributed by atoms with Crippen molar-refractivity contribution >= 4 is 36.3 Å². The number of anilines is 1. The fourth-order valence-electron chi connectivity index (χ4n) is 7.08. The molecule has 2 N–H and O–H groups in total. The summed E-state index contributed by atoms with van der Waals surface area (Å²) >= 11 is 0. The number of halogens is 6. The first kappa shape index (κ1) is 33.7. The molecule has 8 nitrogen and oxygen atoms in total. The molecule has 48 heavy (non-hydrogen) atoms. The summed E-state index contributed by atoms with van der Waals surface area (Å²) in [6.07, 6.45) is -7.09. The van der Waals surface area contributed by atoms with Gasteiger partial charge in [-0.25, -0.2) is 4.90 Å². The minimum atomic E-state index is -5.17. The fourth-order valence-corrected chi connectivity index (χ4v) is 7.08. The number of rotatable bonds is 7. The molecule has 2 aromatic heterocycles. The monoisotopic (exact) mass is 674 g/mol. The summed E-state index contributed by atoms with van der Waals surface area (Å²) in [5.41, 5.74) is -1.35. The molecule has 252 valence electrons. The van der Waals surface area contributed by atoms with Gasteiger partial charge in [-0.3, -0.25) is 14.6 Å². The van der Waals surface area contributed by atoms with Crippen LogP contribution in [0, 0.1) is 17.8 Å². The van der Waals surface area contributed by atoms with E-state index in [1.54, 1.807) is 49.5 Å². The highest BCUT2D eigenvalue weighted by atomic mass is 19.4. The molecule has 0 spiro atoms. The summed E-state index contributed by atoms with van der Waals surface area (Å²) in [4.78, 5) is 32.4. The summed E-state index contributed by atoms with van der Waals surface area (Å²) < 4.78 is 93.3. The molecular weight excluding hydrogens is 645 g/mol. The molecule has 6 rings (SSSR count). The van der Waals surface area contributed by atoms with E-state index < -0.39 is 72.0 Å². The average molecular weight is 674 g/mol. The second kappa shape index (κ2) is 12.7. The largest absolute Gasteiger partial charge is 0.459 e. The van der Waals surface area contributed by atoms with Crippen LogP contribution >= 0.6 is 0 Å². The van der Waals surface area contributed by atoms with E-state index in [1.165, 1.54) is 0 Å². The maximum atomic E-state index is 13.9. The Hall–Kier alpha value is -4.21. The van der Waals surface area contributed by atoms with Gasteiger partial charge in [-0.15, -0.1) is 0 Å². The first-order chi connectivity index (χ1) is 22.7. The van der Waals surface area contributed by atoms with Crippen molar-refractivity contribution in [2.75, 3.05) is 4.90 Å². The number of imide groups is 1. The van der Waals surface area contributed by atoms with Crippen molar-refractivity contribution in [3.63, 3.8) is 0 Å². The molecular formula is C33H29BF6N2O6. The van der Waals surface area contributed by atoms with Crippen LogP contribution in [-0.4, -0.2) is 40.2 Å². The number of pyridine rings is 1. The van der Waals surface area contributed by atoms with Crippen LogP contribution in [0.5, 0.6) is 0 Å². The highest BCUT2D eigenvalue weighted by molar-refractivity contribution is 6.43. The molecule has 4 atom stereocenters. The summed E-state index contributed by atoms with van der Waals surface area (Å²) in [5, 5.41) is 20.2. The van der Waals surface area contributed by atoms with Gasteiger partial charge in [0, 0.05) is 6.20 Å². The molecule has 4 heterocycles. The third-order valence-electron chi connectivity index (χ3n) is 9.11. The number of aliphatic hydroxyl groups excluding tert-OH is 1. The van der Waals surface area contributed by atoms with Gasteiger partial charge < -0.3 is 19.2 Å². The zero-order valence-corrected chi connectivity index (χ0v) is 25.4. The van der Waals surface area contributed by atoms with Crippen molar-refractivity contribution in [1.29, 1.82) is 0 Å². The van der Waals surface area contributed by atoms with E-state index in [2.05, 4.69) is 4.98 Å². The standard InChI is InChI=1S/C33H29BF6N2O6/c1-17-10-24-29(31(45)42(30(24)44)21-13-19(32(35,36)37)12-20(14-21)33(38,39)40)25-15-34(46)48-27(28(17)25)8-5-18(26-4-2-3-9-41-26)11-22-6-7-23(16-43)47-22/h2-4,6-7,9,11-14,24-25,27,29,43,46H,5,8,10,15-16H2,1H3/b18-11-/t24-,25+,27-,29-/m1/s1. The molecule has 1 aromatic carbocycles. The van der Waals surface area contributed by atoms with E-state index in [1.807, 2.05) is 0 Å². The maximum Gasteiger partial charge on any atom is 0.455 e. The molecule has 0 saturated carbocycles. The molecule has 2 saturated heterocycles. The predicted octanol–water partition coefficient (Wildman–Crippen LogP) is 6.55. The molecule has 3 aromatic rings. The predicted molar refractivity (Wildman–Crippen MR) is 160 cm³/mol. The maximum absolute atomic E-state index is 13.9. The minimum Gasteiger partial charge on any atom is -0.459 e. The Morgan fingerprint density at radius 1 is 1.02 bits per heavy atom. The normalized spacial score (nSPS) is 23.6. The molecule has 15 heteroatoms. The summed E-state index contributed by atoms with van der Waals surface area (Å²) in [5.74, 6) is -3.88. The number of alkyl halides is 6. The number of carbonyl (C=O) groups is 2. The Bertz CT molecular complexity index is 1750. The van der Waals surface area contributed by atoms with E-state index in [4.69, 9.17) is 9.07 Å². The second-order valence-corrected chi connectivity index (χ2v) is 12.2. The van der Waals surface area contributed by atoms with Crippen molar-refractivity contribution in [3.05, 3.63) is 94.2 Å². The van der Waals surface area contributed by atoms with Gasteiger partial charge in [0.25, 0.3) is 0 Å². The Morgan fingerprint density at radius 3 is 2.33 bits per heavy atom. The smallest absolute Gasteiger partial charge is 0.455 e. The van der Waals surface area contributed by atoms with Gasteiger partial charge in [-0.1, -0.05) is 11.6 Å². The number of fused-ring (bicyclic) bond motifs is 3. The number of furan rings is 1. The topological polar surface area (TPSA) is 113 Å². The minimum absolute atomic E-state index is 0.0396. The van der Waals surface area contributed by atoms with Gasteiger partial charge in [0.15, 0.2) is 0 Å². The molecule has 0 radical (unpaired) electrons. The fraction of sp³-hybridized carbons (Fsp3) is 0.364. The van der Waals surface area contributed by atoms with Crippen LogP contribution in [0.3, 0.4) is 0 Å². The summed E-state index contributed by atoms with van der Waals surface area (Å²) in [6.45, 7) is 1.46. The van der Waals surface area contributed by atoms with Crippen molar-refractivity contribution in [1.82, 2.24) is 4.98 Å². The number of allylic oxidation sites excluding steroid dienone is 2. The van der Waals surface area contributed by atoms with Crippen LogP contribution < -0.4 is 4.90 Å². The molecule has 3 aliphatic rings. The van der Waals surface area contributed by atoms with Gasteiger partial charge in [0.05, 0.1) is 40.4 Å². The van der Waals surface area contributed by atoms with Gasteiger partial charge in [-0.2, -0.15) is 26.3 Å². The Balaban J connectivity index is 1.31.